The highest BCUT2D eigenvalue weighted by molar-refractivity contribution is 7.09. The largest absolute Gasteiger partial charge is 0.325 e. The van der Waals surface area contributed by atoms with E-state index in [1.807, 2.05) is 13.0 Å². The Labute approximate surface area is 111 Å². The molecule has 1 aromatic carbocycles. The van der Waals surface area contributed by atoms with Crippen LogP contribution in [-0.2, 0) is 12.8 Å². The molecule has 0 bridgehead atoms. The molecule has 2 aromatic rings. The summed E-state index contributed by atoms with van der Waals surface area (Å²) in [6.07, 6.45) is 2.60. The van der Waals surface area contributed by atoms with Crippen molar-refractivity contribution in [2.45, 2.75) is 31.7 Å². The van der Waals surface area contributed by atoms with Crippen molar-refractivity contribution in [2.75, 3.05) is 0 Å². The minimum atomic E-state index is -0.294. The van der Waals surface area contributed by atoms with Crippen molar-refractivity contribution < 1.29 is 4.39 Å². The predicted octanol–water partition coefficient (Wildman–Crippen LogP) is 3.78. The average molecular weight is 263 g/mol. The van der Waals surface area contributed by atoms with Gasteiger partial charge in [-0.1, -0.05) is 18.2 Å². The zero-order valence-corrected chi connectivity index (χ0v) is 11.3. The molecule has 1 unspecified atom stereocenters. The van der Waals surface area contributed by atoms with Crippen molar-refractivity contribution in [1.82, 2.24) is 0 Å². The van der Waals surface area contributed by atoms with Gasteiger partial charge in [-0.15, -0.1) is 11.3 Å². The summed E-state index contributed by atoms with van der Waals surface area (Å²) >= 11 is 1.76. The minimum Gasteiger partial charge on any atom is -0.325 e. The third-order valence-corrected chi connectivity index (χ3v) is 3.96. The fourth-order valence-electron chi connectivity index (χ4n) is 2.07. The molecule has 18 heavy (non-hydrogen) atoms. The van der Waals surface area contributed by atoms with Crippen molar-refractivity contribution in [2.24, 2.45) is 5.73 Å². The predicted molar refractivity (Wildman–Crippen MR) is 75.3 cm³/mol. The van der Waals surface area contributed by atoms with Gasteiger partial charge in [0.25, 0.3) is 0 Å². The van der Waals surface area contributed by atoms with E-state index in [0.717, 1.165) is 18.4 Å². The van der Waals surface area contributed by atoms with Crippen LogP contribution in [0.3, 0.4) is 0 Å². The molecule has 0 aliphatic heterocycles. The SMILES string of the molecule is CC(N)(CCc1cccs1)Cc1cccc(F)c1. The highest BCUT2D eigenvalue weighted by Gasteiger charge is 2.19. The zero-order valence-electron chi connectivity index (χ0n) is 10.5. The summed E-state index contributed by atoms with van der Waals surface area (Å²) in [4.78, 5) is 1.35. The highest BCUT2D eigenvalue weighted by Crippen LogP contribution is 2.20. The molecular weight excluding hydrogens is 245 g/mol. The van der Waals surface area contributed by atoms with E-state index in [9.17, 15) is 4.39 Å². The fraction of sp³-hybridized carbons (Fsp3) is 0.333. The number of halogens is 1. The maximum absolute atomic E-state index is 13.1. The van der Waals surface area contributed by atoms with E-state index < -0.39 is 0 Å². The van der Waals surface area contributed by atoms with Gasteiger partial charge >= 0.3 is 0 Å². The van der Waals surface area contributed by atoms with Gasteiger partial charge in [-0.05, 0) is 55.3 Å². The molecule has 0 aliphatic rings. The molecule has 96 valence electrons. The second kappa shape index (κ2) is 5.63. The molecule has 1 atom stereocenters. The lowest BCUT2D eigenvalue weighted by atomic mass is 9.89. The van der Waals surface area contributed by atoms with Gasteiger partial charge in [0.15, 0.2) is 0 Å². The van der Waals surface area contributed by atoms with Gasteiger partial charge in [-0.3, -0.25) is 0 Å². The molecular formula is C15H18FNS. The molecule has 0 saturated carbocycles. The molecule has 0 saturated heterocycles. The molecule has 0 aliphatic carbocycles. The van der Waals surface area contributed by atoms with Gasteiger partial charge in [0.05, 0.1) is 0 Å². The topological polar surface area (TPSA) is 26.0 Å². The molecule has 3 heteroatoms. The normalized spacial score (nSPS) is 14.4. The summed E-state index contributed by atoms with van der Waals surface area (Å²) in [5.41, 5.74) is 6.97. The first-order valence-electron chi connectivity index (χ1n) is 6.11. The second-order valence-corrected chi connectivity index (χ2v) is 6.07. The molecule has 0 radical (unpaired) electrons. The van der Waals surface area contributed by atoms with Crippen LogP contribution in [-0.4, -0.2) is 5.54 Å². The van der Waals surface area contributed by atoms with Crippen LogP contribution < -0.4 is 5.73 Å². The molecule has 0 spiro atoms. The van der Waals surface area contributed by atoms with Gasteiger partial charge < -0.3 is 5.73 Å². The Balaban J connectivity index is 1.94. The van der Waals surface area contributed by atoms with Crippen molar-refractivity contribution in [3.8, 4) is 0 Å². The van der Waals surface area contributed by atoms with Crippen LogP contribution in [0.2, 0.25) is 0 Å². The van der Waals surface area contributed by atoms with Gasteiger partial charge in [-0.2, -0.15) is 0 Å². The van der Waals surface area contributed by atoms with E-state index in [1.54, 1.807) is 23.5 Å². The Morgan fingerprint density at radius 2 is 2.11 bits per heavy atom. The summed E-state index contributed by atoms with van der Waals surface area (Å²) in [6, 6.07) is 10.9. The maximum Gasteiger partial charge on any atom is 0.123 e. The van der Waals surface area contributed by atoms with Crippen LogP contribution >= 0.6 is 11.3 Å². The first-order valence-corrected chi connectivity index (χ1v) is 6.99. The van der Waals surface area contributed by atoms with Crippen LogP contribution in [0, 0.1) is 5.82 Å². The summed E-state index contributed by atoms with van der Waals surface area (Å²) in [6.45, 7) is 2.03. The Bertz CT molecular complexity index is 491. The monoisotopic (exact) mass is 263 g/mol. The number of aryl methyl sites for hydroxylation is 1. The van der Waals surface area contributed by atoms with E-state index in [0.29, 0.717) is 6.42 Å². The van der Waals surface area contributed by atoms with E-state index in [-0.39, 0.29) is 11.4 Å². The van der Waals surface area contributed by atoms with E-state index >= 15 is 0 Å². The van der Waals surface area contributed by atoms with Gasteiger partial charge in [0, 0.05) is 10.4 Å². The van der Waals surface area contributed by atoms with Crippen LogP contribution in [0.5, 0.6) is 0 Å². The lowest BCUT2D eigenvalue weighted by molar-refractivity contribution is 0.430. The van der Waals surface area contributed by atoms with E-state index in [4.69, 9.17) is 5.73 Å². The Kier molecular flexibility index (Phi) is 4.15. The number of nitrogens with two attached hydrogens (primary N) is 1. The van der Waals surface area contributed by atoms with Crippen LogP contribution in [0.1, 0.15) is 23.8 Å². The second-order valence-electron chi connectivity index (χ2n) is 5.04. The summed E-state index contributed by atoms with van der Waals surface area (Å²) < 4.78 is 13.1. The number of hydrogen-bond acceptors (Lipinski definition) is 2. The summed E-state index contributed by atoms with van der Waals surface area (Å²) in [5.74, 6) is -0.193. The van der Waals surface area contributed by atoms with Gasteiger partial charge in [-0.25, -0.2) is 4.39 Å². The standard InChI is InChI=1S/C15H18FNS/c1-15(17,8-7-14-6-3-9-18-14)11-12-4-2-5-13(16)10-12/h2-6,9-10H,7-8,11,17H2,1H3. The van der Waals surface area contributed by atoms with Gasteiger partial charge in [0.2, 0.25) is 0 Å². The highest BCUT2D eigenvalue weighted by atomic mass is 32.1. The van der Waals surface area contributed by atoms with Crippen molar-refractivity contribution in [3.63, 3.8) is 0 Å². The molecule has 0 amide bonds. The Morgan fingerprint density at radius 1 is 1.28 bits per heavy atom. The zero-order chi connectivity index (χ0) is 13.0. The first kappa shape index (κ1) is 13.2. The molecule has 1 heterocycles. The van der Waals surface area contributed by atoms with Crippen LogP contribution in [0.25, 0.3) is 0 Å². The van der Waals surface area contributed by atoms with E-state index in [1.165, 1.54) is 10.9 Å². The minimum absolute atomic E-state index is 0.193. The summed E-state index contributed by atoms with van der Waals surface area (Å²) in [7, 11) is 0. The number of rotatable bonds is 5. The number of hydrogen-bond donors (Lipinski definition) is 1. The quantitative estimate of drug-likeness (QED) is 0.873. The van der Waals surface area contributed by atoms with Crippen molar-refractivity contribution >= 4 is 11.3 Å². The van der Waals surface area contributed by atoms with Gasteiger partial charge in [0.1, 0.15) is 5.82 Å². The van der Waals surface area contributed by atoms with Crippen molar-refractivity contribution in [1.29, 1.82) is 0 Å². The Morgan fingerprint density at radius 3 is 2.78 bits per heavy atom. The maximum atomic E-state index is 13.1. The third kappa shape index (κ3) is 3.93. The lowest BCUT2D eigenvalue weighted by Gasteiger charge is -2.24. The fourth-order valence-corrected chi connectivity index (χ4v) is 2.77. The molecule has 2 N–H and O–H groups in total. The lowest BCUT2D eigenvalue weighted by Crippen LogP contribution is -2.39. The molecule has 0 fully saturated rings. The average Bonchev–Trinajstić information content (AvgIpc) is 2.78. The Hall–Kier alpha value is -1.19. The molecule has 1 aromatic heterocycles. The third-order valence-electron chi connectivity index (χ3n) is 3.02. The number of benzene rings is 1. The smallest absolute Gasteiger partial charge is 0.123 e. The molecule has 2 rings (SSSR count). The summed E-state index contributed by atoms with van der Waals surface area (Å²) in [5, 5.41) is 2.08. The van der Waals surface area contributed by atoms with Crippen LogP contribution in [0.4, 0.5) is 4.39 Å². The number of thiophene rings is 1. The van der Waals surface area contributed by atoms with E-state index in [2.05, 4.69) is 17.5 Å². The van der Waals surface area contributed by atoms with Crippen LogP contribution in [0.15, 0.2) is 41.8 Å². The van der Waals surface area contributed by atoms with Crippen molar-refractivity contribution in [3.05, 3.63) is 58.0 Å². The first-order chi connectivity index (χ1) is 8.55. The molecule has 1 nitrogen and oxygen atoms in total.